The minimum atomic E-state index is -0.584. The molecule has 2 nitrogen and oxygen atoms in total. The van der Waals surface area contributed by atoms with Crippen LogP contribution in [0, 0.1) is 0 Å². The van der Waals surface area contributed by atoms with Crippen LogP contribution >= 0.6 is 0 Å². The Labute approximate surface area is 61.5 Å². The van der Waals surface area contributed by atoms with E-state index >= 15 is 0 Å². The lowest BCUT2D eigenvalue weighted by Crippen LogP contribution is -1.98. The Bertz CT molecular complexity index is 116. The highest BCUT2D eigenvalue weighted by Crippen LogP contribution is 1.93. The van der Waals surface area contributed by atoms with Crippen molar-refractivity contribution >= 4 is 0 Å². The molecule has 0 aliphatic carbocycles. The van der Waals surface area contributed by atoms with Crippen LogP contribution < -0.4 is 0 Å². The van der Waals surface area contributed by atoms with Gasteiger partial charge in [0, 0.05) is 0 Å². The van der Waals surface area contributed by atoms with E-state index in [0.717, 1.165) is 0 Å². The lowest BCUT2D eigenvalue weighted by atomic mass is 10.2. The van der Waals surface area contributed by atoms with Gasteiger partial charge in [0.15, 0.2) is 0 Å². The van der Waals surface area contributed by atoms with Crippen LogP contribution in [0.3, 0.4) is 0 Å². The van der Waals surface area contributed by atoms with Crippen molar-refractivity contribution in [2.75, 3.05) is 0 Å². The Hall–Kier alpha value is -0.600. The molecule has 0 aliphatic rings. The van der Waals surface area contributed by atoms with E-state index in [0.29, 0.717) is 6.42 Å². The predicted molar refractivity (Wildman–Crippen MR) is 41.6 cm³/mol. The molecule has 0 radical (unpaired) electrons. The third-order valence-electron chi connectivity index (χ3n) is 1.05. The molecule has 0 bridgehead atoms. The summed E-state index contributed by atoms with van der Waals surface area (Å²) in [4.78, 5) is 0. The molecule has 2 unspecified atom stereocenters. The number of aliphatic hydroxyl groups excluding tert-OH is 2. The van der Waals surface area contributed by atoms with Crippen molar-refractivity contribution in [3.05, 3.63) is 24.8 Å². The van der Waals surface area contributed by atoms with E-state index in [2.05, 4.69) is 6.58 Å². The fourth-order valence-electron chi connectivity index (χ4n) is 0.494. The van der Waals surface area contributed by atoms with Crippen molar-refractivity contribution in [2.24, 2.45) is 0 Å². The fraction of sp³-hybridized carbons (Fsp3) is 0.500. The highest BCUT2D eigenvalue weighted by molar-refractivity contribution is 4.97. The van der Waals surface area contributed by atoms with Crippen LogP contribution in [0.4, 0.5) is 0 Å². The van der Waals surface area contributed by atoms with Gasteiger partial charge in [-0.1, -0.05) is 18.2 Å². The van der Waals surface area contributed by atoms with Crippen molar-refractivity contribution in [1.29, 1.82) is 0 Å². The van der Waals surface area contributed by atoms with Gasteiger partial charge in [-0.15, -0.1) is 6.58 Å². The second-order valence-corrected chi connectivity index (χ2v) is 2.24. The molecule has 0 saturated heterocycles. The molecule has 0 aromatic rings. The molecule has 2 atom stereocenters. The normalized spacial score (nSPS) is 17.1. The molecule has 0 aliphatic heterocycles. The van der Waals surface area contributed by atoms with E-state index in [9.17, 15) is 0 Å². The smallest absolute Gasteiger partial charge is 0.0900 e. The average Bonchev–Trinajstić information content (AvgIpc) is 1.87. The Morgan fingerprint density at radius 3 is 2.50 bits per heavy atom. The first kappa shape index (κ1) is 9.40. The van der Waals surface area contributed by atoms with E-state index in [-0.39, 0.29) is 6.10 Å². The Morgan fingerprint density at radius 1 is 1.50 bits per heavy atom. The molecular weight excluding hydrogens is 128 g/mol. The standard InChI is InChI=1S/C8H14O2/c1-3-8(10)6-4-5-7(2)9/h3-4,6-10H,1,5H2,2H3/b6-4+. The van der Waals surface area contributed by atoms with Gasteiger partial charge in [0.05, 0.1) is 12.2 Å². The summed E-state index contributed by atoms with van der Waals surface area (Å²) in [5, 5.41) is 17.7. The summed E-state index contributed by atoms with van der Waals surface area (Å²) in [7, 11) is 0. The maximum atomic E-state index is 8.88. The van der Waals surface area contributed by atoms with Gasteiger partial charge in [-0.3, -0.25) is 0 Å². The van der Waals surface area contributed by atoms with E-state index in [1.165, 1.54) is 6.08 Å². The van der Waals surface area contributed by atoms with E-state index in [1.807, 2.05) is 0 Å². The molecule has 0 aromatic carbocycles. The lowest BCUT2D eigenvalue weighted by molar-refractivity contribution is 0.198. The molecule has 0 heterocycles. The van der Waals surface area contributed by atoms with Crippen molar-refractivity contribution < 1.29 is 10.2 Å². The largest absolute Gasteiger partial charge is 0.393 e. The van der Waals surface area contributed by atoms with Gasteiger partial charge in [0.2, 0.25) is 0 Å². The average molecular weight is 142 g/mol. The first-order chi connectivity index (χ1) is 4.66. The molecule has 0 saturated carbocycles. The molecule has 58 valence electrons. The molecule has 0 aromatic heterocycles. The molecule has 0 spiro atoms. The molecular formula is C8H14O2. The maximum Gasteiger partial charge on any atom is 0.0900 e. The Balaban J connectivity index is 3.45. The van der Waals surface area contributed by atoms with Gasteiger partial charge < -0.3 is 10.2 Å². The molecule has 2 N–H and O–H groups in total. The summed E-state index contributed by atoms with van der Waals surface area (Å²) in [6.45, 7) is 5.09. The van der Waals surface area contributed by atoms with Gasteiger partial charge in [0.25, 0.3) is 0 Å². The third-order valence-corrected chi connectivity index (χ3v) is 1.05. The van der Waals surface area contributed by atoms with Crippen LogP contribution in [0.2, 0.25) is 0 Å². The van der Waals surface area contributed by atoms with Gasteiger partial charge in [-0.05, 0) is 13.3 Å². The molecule has 0 amide bonds. The highest BCUT2D eigenvalue weighted by atomic mass is 16.3. The highest BCUT2D eigenvalue weighted by Gasteiger charge is 1.91. The zero-order valence-corrected chi connectivity index (χ0v) is 6.20. The second-order valence-electron chi connectivity index (χ2n) is 2.24. The second kappa shape index (κ2) is 5.21. The van der Waals surface area contributed by atoms with Crippen molar-refractivity contribution in [3.8, 4) is 0 Å². The zero-order valence-electron chi connectivity index (χ0n) is 6.20. The summed E-state index contributed by atoms with van der Waals surface area (Å²) in [5.41, 5.74) is 0. The van der Waals surface area contributed by atoms with Crippen molar-refractivity contribution in [2.45, 2.75) is 25.6 Å². The van der Waals surface area contributed by atoms with Gasteiger partial charge >= 0.3 is 0 Å². The number of hydrogen-bond donors (Lipinski definition) is 2. The summed E-state index contributed by atoms with van der Waals surface area (Å²) in [6, 6.07) is 0. The van der Waals surface area contributed by atoms with Crippen LogP contribution in [-0.2, 0) is 0 Å². The van der Waals surface area contributed by atoms with E-state index < -0.39 is 6.10 Å². The van der Waals surface area contributed by atoms with Crippen LogP contribution in [0.15, 0.2) is 24.8 Å². The summed E-state index contributed by atoms with van der Waals surface area (Å²) < 4.78 is 0. The minimum absolute atomic E-state index is 0.340. The third kappa shape index (κ3) is 5.54. The maximum absolute atomic E-state index is 8.88. The Kier molecular flexibility index (Phi) is 4.89. The van der Waals surface area contributed by atoms with Crippen LogP contribution in [0.1, 0.15) is 13.3 Å². The van der Waals surface area contributed by atoms with Crippen LogP contribution in [0.5, 0.6) is 0 Å². The van der Waals surface area contributed by atoms with E-state index in [4.69, 9.17) is 10.2 Å². The fourth-order valence-corrected chi connectivity index (χ4v) is 0.494. The topological polar surface area (TPSA) is 40.5 Å². The Morgan fingerprint density at radius 2 is 2.10 bits per heavy atom. The minimum Gasteiger partial charge on any atom is -0.393 e. The number of hydrogen-bond acceptors (Lipinski definition) is 2. The summed E-state index contributed by atoms with van der Waals surface area (Å²) in [6.07, 6.45) is 4.41. The molecule has 0 fully saturated rings. The van der Waals surface area contributed by atoms with Crippen LogP contribution in [-0.4, -0.2) is 22.4 Å². The zero-order chi connectivity index (χ0) is 7.98. The number of rotatable bonds is 4. The SMILES string of the molecule is C=CC(O)/C=C/CC(C)O. The molecule has 10 heavy (non-hydrogen) atoms. The quantitative estimate of drug-likeness (QED) is 0.571. The van der Waals surface area contributed by atoms with Gasteiger partial charge in [0.1, 0.15) is 0 Å². The van der Waals surface area contributed by atoms with Crippen LogP contribution in [0.25, 0.3) is 0 Å². The summed E-state index contributed by atoms with van der Waals surface area (Å²) >= 11 is 0. The first-order valence-corrected chi connectivity index (χ1v) is 3.32. The van der Waals surface area contributed by atoms with E-state index in [1.54, 1.807) is 19.1 Å². The molecule has 0 rings (SSSR count). The molecule has 2 heteroatoms. The lowest BCUT2D eigenvalue weighted by Gasteiger charge is -1.98. The first-order valence-electron chi connectivity index (χ1n) is 3.32. The monoisotopic (exact) mass is 142 g/mol. The number of aliphatic hydroxyl groups is 2. The van der Waals surface area contributed by atoms with Gasteiger partial charge in [-0.2, -0.15) is 0 Å². The van der Waals surface area contributed by atoms with Crippen molar-refractivity contribution in [3.63, 3.8) is 0 Å². The van der Waals surface area contributed by atoms with Crippen molar-refractivity contribution in [1.82, 2.24) is 0 Å². The van der Waals surface area contributed by atoms with Gasteiger partial charge in [-0.25, -0.2) is 0 Å². The predicted octanol–water partition coefficient (Wildman–Crippen LogP) is 0.860. The summed E-state index contributed by atoms with van der Waals surface area (Å²) in [5.74, 6) is 0.